The Kier molecular flexibility index (Phi) is 5.40. The Morgan fingerprint density at radius 1 is 1.15 bits per heavy atom. The van der Waals surface area contributed by atoms with Gasteiger partial charge >= 0.3 is 0 Å². The van der Waals surface area contributed by atoms with Crippen LogP contribution in [0.5, 0.6) is 5.75 Å². The molecule has 1 amide bonds. The lowest BCUT2D eigenvalue weighted by atomic mass is 9.84. The highest BCUT2D eigenvalue weighted by Gasteiger charge is 2.42. The zero-order valence-corrected chi connectivity index (χ0v) is 16.4. The molecule has 2 aliphatic carbocycles. The van der Waals surface area contributed by atoms with E-state index in [1.807, 2.05) is 48.5 Å². The van der Waals surface area contributed by atoms with Crippen molar-refractivity contribution < 1.29 is 9.53 Å². The molecule has 2 aromatic rings. The lowest BCUT2D eigenvalue weighted by Gasteiger charge is -2.28. The molecule has 2 saturated carbocycles. The quantitative estimate of drug-likeness (QED) is 0.717. The Labute approximate surface area is 166 Å². The number of amides is 1. The average molecular weight is 384 g/mol. The molecule has 0 aliphatic heterocycles. The zero-order valence-electron chi connectivity index (χ0n) is 15.7. The van der Waals surface area contributed by atoms with E-state index in [9.17, 15) is 4.79 Å². The molecule has 4 heteroatoms. The van der Waals surface area contributed by atoms with Gasteiger partial charge < -0.3 is 10.1 Å². The van der Waals surface area contributed by atoms with Gasteiger partial charge in [0, 0.05) is 16.6 Å². The minimum atomic E-state index is -0.0555. The summed E-state index contributed by atoms with van der Waals surface area (Å²) in [6.45, 7) is 2.49. The van der Waals surface area contributed by atoms with Gasteiger partial charge in [-0.1, -0.05) is 48.4 Å². The second kappa shape index (κ2) is 7.93. The molecule has 0 aromatic heterocycles. The number of rotatable bonds is 6. The van der Waals surface area contributed by atoms with Crippen LogP contribution in [-0.4, -0.2) is 11.9 Å². The zero-order chi connectivity index (χ0) is 18.8. The Bertz CT molecular complexity index is 822. The number of carbonyl (C=O) groups is 1. The van der Waals surface area contributed by atoms with Crippen molar-refractivity contribution in [3.05, 3.63) is 64.7 Å². The second-order valence-corrected chi connectivity index (χ2v) is 8.38. The minimum Gasteiger partial charge on any atom is -0.488 e. The smallest absolute Gasteiger partial charge is 0.255 e. The standard InChI is InChI=1S/C23H26ClNO2/c1-15(20-13-16-10-11-17(20)12-16)25-23(26)19-7-3-5-9-22(19)27-14-18-6-2-4-8-21(18)24/h2-9,15-17,20H,10-14H2,1H3,(H,25,26)/t15-,16+,17+,20-/m0/s1. The molecule has 4 rings (SSSR count). The lowest BCUT2D eigenvalue weighted by Crippen LogP contribution is -2.40. The fraction of sp³-hybridized carbons (Fsp3) is 0.435. The molecule has 0 spiro atoms. The van der Waals surface area contributed by atoms with Crippen LogP contribution in [0.3, 0.4) is 0 Å². The molecule has 0 heterocycles. The first kappa shape index (κ1) is 18.4. The molecule has 4 atom stereocenters. The summed E-state index contributed by atoms with van der Waals surface area (Å²) >= 11 is 6.21. The highest BCUT2D eigenvalue weighted by molar-refractivity contribution is 6.31. The molecular weight excluding hydrogens is 358 g/mol. The van der Waals surface area contributed by atoms with Crippen LogP contribution < -0.4 is 10.1 Å². The van der Waals surface area contributed by atoms with Crippen molar-refractivity contribution in [1.82, 2.24) is 5.32 Å². The van der Waals surface area contributed by atoms with Gasteiger partial charge in [0.15, 0.2) is 0 Å². The Morgan fingerprint density at radius 3 is 2.67 bits per heavy atom. The van der Waals surface area contributed by atoms with E-state index < -0.39 is 0 Å². The molecule has 0 saturated heterocycles. The van der Waals surface area contributed by atoms with Crippen molar-refractivity contribution in [3.8, 4) is 5.75 Å². The van der Waals surface area contributed by atoms with E-state index in [-0.39, 0.29) is 11.9 Å². The molecule has 2 bridgehead atoms. The van der Waals surface area contributed by atoms with E-state index in [1.54, 1.807) is 0 Å². The number of nitrogens with one attached hydrogen (secondary N) is 1. The van der Waals surface area contributed by atoms with E-state index in [1.165, 1.54) is 25.7 Å². The van der Waals surface area contributed by atoms with Gasteiger partial charge in [0.1, 0.15) is 12.4 Å². The van der Waals surface area contributed by atoms with Crippen LogP contribution in [0.15, 0.2) is 48.5 Å². The van der Waals surface area contributed by atoms with E-state index in [0.29, 0.717) is 28.9 Å². The molecule has 3 nitrogen and oxygen atoms in total. The van der Waals surface area contributed by atoms with E-state index in [4.69, 9.17) is 16.3 Å². The first-order chi connectivity index (χ1) is 13.1. The molecule has 2 aromatic carbocycles. The average Bonchev–Trinajstić information content (AvgIpc) is 3.31. The number of hydrogen-bond acceptors (Lipinski definition) is 2. The van der Waals surface area contributed by atoms with Crippen LogP contribution in [0.2, 0.25) is 5.02 Å². The van der Waals surface area contributed by atoms with Crippen molar-refractivity contribution >= 4 is 17.5 Å². The maximum atomic E-state index is 12.9. The van der Waals surface area contributed by atoms with Gasteiger partial charge in [-0.2, -0.15) is 0 Å². The number of benzene rings is 2. The fourth-order valence-electron chi connectivity index (χ4n) is 4.85. The second-order valence-electron chi connectivity index (χ2n) is 7.98. The van der Waals surface area contributed by atoms with Crippen molar-refractivity contribution in [2.45, 2.75) is 45.3 Å². The third kappa shape index (κ3) is 3.98. The van der Waals surface area contributed by atoms with Crippen molar-refractivity contribution in [3.63, 3.8) is 0 Å². The molecule has 27 heavy (non-hydrogen) atoms. The van der Waals surface area contributed by atoms with Crippen LogP contribution in [0, 0.1) is 17.8 Å². The van der Waals surface area contributed by atoms with Crippen molar-refractivity contribution in [1.29, 1.82) is 0 Å². The summed E-state index contributed by atoms with van der Waals surface area (Å²) in [5.74, 6) is 2.82. The number of para-hydroxylation sites is 1. The van der Waals surface area contributed by atoms with Gasteiger partial charge in [0.2, 0.25) is 0 Å². The van der Waals surface area contributed by atoms with Gasteiger partial charge in [-0.05, 0) is 62.1 Å². The minimum absolute atomic E-state index is 0.0555. The number of hydrogen-bond donors (Lipinski definition) is 1. The summed E-state index contributed by atoms with van der Waals surface area (Å²) in [5, 5.41) is 3.90. The van der Waals surface area contributed by atoms with Crippen LogP contribution in [0.4, 0.5) is 0 Å². The summed E-state index contributed by atoms with van der Waals surface area (Å²) in [6, 6.07) is 15.2. The molecule has 1 N–H and O–H groups in total. The van der Waals surface area contributed by atoms with Crippen LogP contribution in [0.25, 0.3) is 0 Å². The molecule has 0 unspecified atom stereocenters. The highest BCUT2D eigenvalue weighted by atomic mass is 35.5. The van der Waals surface area contributed by atoms with E-state index >= 15 is 0 Å². The topological polar surface area (TPSA) is 38.3 Å². The summed E-state index contributed by atoms with van der Waals surface area (Å²) in [6.07, 6.45) is 5.31. The molecule has 2 fully saturated rings. The third-order valence-electron chi connectivity index (χ3n) is 6.27. The first-order valence-electron chi connectivity index (χ1n) is 9.88. The normalized spacial score (nSPS) is 24.6. The number of fused-ring (bicyclic) bond motifs is 2. The number of ether oxygens (including phenoxy) is 1. The van der Waals surface area contributed by atoms with Crippen molar-refractivity contribution in [2.75, 3.05) is 0 Å². The third-order valence-corrected chi connectivity index (χ3v) is 6.64. The van der Waals surface area contributed by atoms with Gasteiger partial charge in [0.25, 0.3) is 5.91 Å². The first-order valence-corrected chi connectivity index (χ1v) is 10.3. The summed E-state index contributed by atoms with van der Waals surface area (Å²) in [4.78, 5) is 12.9. The molecule has 0 radical (unpaired) electrons. The van der Waals surface area contributed by atoms with Crippen molar-refractivity contribution in [2.24, 2.45) is 17.8 Å². The van der Waals surface area contributed by atoms with Gasteiger partial charge in [-0.25, -0.2) is 0 Å². The summed E-state index contributed by atoms with van der Waals surface area (Å²) < 4.78 is 5.94. The summed E-state index contributed by atoms with van der Waals surface area (Å²) in [5.41, 5.74) is 1.49. The largest absolute Gasteiger partial charge is 0.488 e. The molecular formula is C23H26ClNO2. The van der Waals surface area contributed by atoms with Crippen LogP contribution in [-0.2, 0) is 6.61 Å². The predicted octanol–water partition coefficient (Wildman–Crippen LogP) is 5.47. The predicted molar refractivity (Wildman–Crippen MR) is 108 cm³/mol. The van der Waals surface area contributed by atoms with Gasteiger partial charge in [0.05, 0.1) is 5.56 Å². The summed E-state index contributed by atoms with van der Waals surface area (Å²) in [7, 11) is 0. The Morgan fingerprint density at radius 2 is 1.93 bits per heavy atom. The molecule has 2 aliphatic rings. The van der Waals surface area contributed by atoms with Crippen LogP contribution >= 0.6 is 11.6 Å². The SMILES string of the molecule is C[C@H](NC(=O)c1ccccc1OCc1ccccc1Cl)[C@@H]1C[C@@H]2CC[C@@H]1C2. The van der Waals surface area contributed by atoms with E-state index in [2.05, 4.69) is 12.2 Å². The van der Waals surface area contributed by atoms with Crippen LogP contribution in [0.1, 0.15) is 48.5 Å². The molecule has 142 valence electrons. The fourth-order valence-corrected chi connectivity index (χ4v) is 5.04. The Balaban J connectivity index is 1.42. The number of carbonyl (C=O) groups excluding carboxylic acids is 1. The Hall–Kier alpha value is -2.00. The maximum absolute atomic E-state index is 12.9. The lowest BCUT2D eigenvalue weighted by molar-refractivity contribution is 0.0910. The van der Waals surface area contributed by atoms with Gasteiger partial charge in [-0.15, -0.1) is 0 Å². The van der Waals surface area contributed by atoms with Gasteiger partial charge in [-0.3, -0.25) is 4.79 Å². The maximum Gasteiger partial charge on any atom is 0.255 e. The number of halogens is 1. The van der Waals surface area contributed by atoms with E-state index in [0.717, 1.165) is 17.4 Å². The monoisotopic (exact) mass is 383 g/mol. The highest BCUT2D eigenvalue weighted by Crippen LogP contribution is 2.49.